The maximum absolute atomic E-state index is 12.8. The van der Waals surface area contributed by atoms with Gasteiger partial charge in [0.05, 0.1) is 29.6 Å². The molecule has 0 radical (unpaired) electrons. The normalized spacial score (nSPS) is 13.9. The van der Waals surface area contributed by atoms with Crippen LogP contribution >= 0.6 is 22.9 Å². The third kappa shape index (κ3) is 5.76. The molecule has 0 unspecified atom stereocenters. The number of amides is 3. The summed E-state index contributed by atoms with van der Waals surface area (Å²) in [7, 11) is 1.74. The predicted octanol–water partition coefficient (Wildman–Crippen LogP) is 3.79. The number of aryl methyl sites for hydroxylation is 1. The number of ether oxygens (including phenoxy) is 1. The number of benzene rings is 1. The van der Waals surface area contributed by atoms with Crippen LogP contribution in [0.15, 0.2) is 48.8 Å². The number of hydrogen-bond donors (Lipinski definition) is 4. The molecule has 1 aliphatic heterocycles. The SMILES string of the molecule is Cn1cc(NC(=O)c2cc(NC(=O)c3sc4ccccc4c3Cl)c[nH]2)cc1C(=O)NCCN1CCOCC1. The third-order valence-corrected chi connectivity index (χ3v) is 7.91. The van der Waals surface area contributed by atoms with Crippen LogP contribution in [0.1, 0.15) is 30.6 Å². The van der Waals surface area contributed by atoms with Crippen molar-refractivity contribution in [2.75, 3.05) is 50.0 Å². The largest absolute Gasteiger partial charge is 0.379 e. The number of thiophene rings is 1. The molecule has 0 saturated carbocycles. The number of nitrogens with one attached hydrogen (secondary N) is 4. The first-order valence-corrected chi connectivity index (χ1v) is 13.3. The van der Waals surface area contributed by atoms with E-state index in [1.54, 1.807) is 23.9 Å². The maximum Gasteiger partial charge on any atom is 0.272 e. The number of carbonyl (C=O) groups is 3. The highest BCUT2D eigenvalue weighted by atomic mass is 35.5. The number of anilines is 2. The van der Waals surface area contributed by atoms with Gasteiger partial charge in [-0.05, 0) is 18.2 Å². The lowest BCUT2D eigenvalue weighted by molar-refractivity contribution is 0.0383. The van der Waals surface area contributed by atoms with E-state index in [1.807, 2.05) is 24.3 Å². The zero-order chi connectivity index (χ0) is 26.6. The Hall–Kier alpha value is -3.64. The number of aromatic nitrogens is 2. The monoisotopic (exact) mass is 554 g/mol. The Kier molecular flexibility index (Phi) is 7.79. The fraction of sp³-hybridized carbons (Fsp3) is 0.269. The molecule has 12 heteroatoms. The van der Waals surface area contributed by atoms with Gasteiger partial charge in [-0.3, -0.25) is 19.3 Å². The fourth-order valence-corrected chi connectivity index (χ4v) is 5.66. The minimum absolute atomic E-state index is 0.217. The molecule has 4 N–H and O–H groups in total. The molecule has 0 atom stereocenters. The van der Waals surface area contributed by atoms with E-state index in [0.29, 0.717) is 46.7 Å². The molecule has 0 bridgehead atoms. The summed E-state index contributed by atoms with van der Waals surface area (Å²) in [5.74, 6) is -0.976. The van der Waals surface area contributed by atoms with Gasteiger partial charge in [0.25, 0.3) is 17.7 Å². The molecular formula is C26H27ClN6O4S. The van der Waals surface area contributed by atoms with Gasteiger partial charge in [-0.15, -0.1) is 11.3 Å². The molecule has 1 saturated heterocycles. The number of carbonyl (C=O) groups excluding carboxylic acids is 3. The highest BCUT2D eigenvalue weighted by molar-refractivity contribution is 7.21. The van der Waals surface area contributed by atoms with E-state index < -0.39 is 5.91 Å². The lowest BCUT2D eigenvalue weighted by Crippen LogP contribution is -2.41. The standard InChI is InChI=1S/C26H27ClN6O4S/c1-32-15-17(13-20(32)25(35)28-6-7-33-8-10-37-11-9-33)31-24(34)19-12-16(14-29-19)30-26(36)23-22(27)18-4-2-3-5-21(18)38-23/h2-5,12-15,29H,6-11H2,1H3,(H,28,35)(H,30,36)(H,31,34). The third-order valence-electron chi connectivity index (χ3n) is 6.24. The minimum Gasteiger partial charge on any atom is -0.379 e. The molecule has 3 amide bonds. The summed E-state index contributed by atoms with van der Waals surface area (Å²) in [4.78, 5) is 43.7. The van der Waals surface area contributed by atoms with E-state index in [1.165, 1.54) is 23.6 Å². The molecule has 38 heavy (non-hydrogen) atoms. The Morgan fingerprint density at radius 1 is 1.05 bits per heavy atom. The van der Waals surface area contributed by atoms with Gasteiger partial charge < -0.3 is 30.2 Å². The van der Waals surface area contributed by atoms with E-state index in [0.717, 1.165) is 29.7 Å². The first-order chi connectivity index (χ1) is 18.4. The Bertz CT molecular complexity index is 1490. The Morgan fingerprint density at radius 2 is 1.82 bits per heavy atom. The number of nitrogens with zero attached hydrogens (tertiary/aromatic N) is 2. The lowest BCUT2D eigenvalue weighted by Gasteiger charge is -2.26. The van der Waals surface area contributed by atoms with Gasteiger partial charge in [0.1, 0.15) is 16.3 Å². The number of aromatic amines is 1. The van der Waals surface area contributed by atoms with Crippen LogP contribution in [0.2, 0.25) is 5.02 Å². The van der Waals surface area contributed by atoms with Crippen LogP contribution in [0.4, 0.5) is 11.4 Å². The second kappa shape index (κ2) is 11.4. The lowest BCUT2D eigenvalue weighted by atomic mass is 10.2. The number of morpholine rings is 1. The number of H-pyrrole nitrogens is 1. The Labute approximate surface area is 227 Å². The summed E-state index contributed by atoms with van der Waals surface area (Å²) in [6.07, 6.45) is 3.20. The molecule has 0 aliphatic carbocycles. The summed E-state index contributed by atoms with van der Waals surface area (Å²) in [6.45, 7) is 4.42. The minimum atomic E-state index is -0.407. The van der Waals surface area contributed by atoms with Crippen molar-refractivity contribution in [1.82, 2.24) is 19.8 Å². The summed E-state index contributed by atoms with van der Waals surface area (Å²) in [5.41, 5.74) is 1.60. The van der Waals surface area contributed by atoms with E-state index in [9.17, 15) is 14.4 Å². The molecule has 3 aromatic heterocycles. The molecule has 0 spiro atoms. The molecule has 1 aromatic carbocycles. The first kappa shape index (κ1) is 26.0. The average molecular weight is 555 g/mol. The van der Waals surface area contributed by atoms with Crippen molar-refractivity contribution in [3.8, 4) is 0 Å². The number of hydrogen-bond acceptors (Lipinski definition) is 6. The number of halogens is 1. The van der Waals surface area contributed by atoms with Gasteiger partial charge >= 0.3 is 0 Å². The van der Waals surface area contributed by atoms with Crippen LogP contribution in [-0.2, 0) is 11.8 Å². The molecular weight excluding hydrogens is 528 g/mol. The van der Waals surface area contributed by atoms with E-state index in [2.05, 4.69) is 25.8 Å². The zero-order valence-corrected chi connectivity index (χ0v) is 22.2. The topological polar surface area (TPSA) is 120 Å². The second-order valence-corrected chi connectivity index (χ2v) is 10.3. The molecule has 1 aliphatic rings. The quantitative estimate of drug-likeness (QED) is 0.264. The van der Waals surface area contributed by atoms with Crippen molar-refractivity contribution in [2.45, 2.75) is 0 Å². The van der Waals surface area contributed by atoms with Gasteiger partial charge in [0.2, 0.25) is 0 Å². The molecule has 10 nitrogen and oxygen atoms in total. The highest BCUT2D eigenvalue weighted by Crippen LogP contribution is 2.35. The Morgan fingerprint density at radius 3 is 2.61 bits per heavy atom. The second-order valence-electron chi connectivity index (χ2n) is 8.89. The van der Waals surface area contributed by atoms with Gasteiger partial charge in [-0.1, -0.05) is 29.8 Å². The molecule has 1 fully saturated rings. The van der Waals surface area contributed by atoms with Crippen LogP contribution < -0.4 is 16.0 Å². The van der Waals surface area contributed by atoms with Gasteiger partial charge in [0, 0.05) is 55.7 Å². The average Bonchev–Trinajstić information content (AvgIpc) is 3.62. The van der Waals surface area contributed by atoms with Crippen LogP contribution in [0.3, 0.4) is 0 Å². The highest BCUT2D eigenvalue weighted by Gasteiger charge is 2.19. The predicted molar refractivity (Wildman–Crippen MR) is 149 cm³/mol. The number of rotatable bonds is 8. The number of fused-ring (bicyclic) bond motifs is 1. The van der Waals surface area contributed by atoms with Gasteiger partial charge in [-0.2, -0.15) is 0 Å². The van der Waals surface area contributed by atoms with Crippen molar-refractivity contribution in [2.24, 2.45) is 7.05 Å². The fourth-order valence-electron chi connectivity index (χ4n) is 4.25. The maximum atomic E-state index is 12.8. The molecule has 198 valence electrons. The van der Waals surface area contributed by atoms with Crippen molar-refractivity contribution >= 4 is 62.1 Å². The Balaban J connectivity index is 1.17. The van der Waals surface area contributed by atoms with Crippen molar-refractivity contribution < 1.29 is 19.1 Å². The van der Waals surface area contributed by atoms with Crippen LogP contribution in [0.5, 0.6) is 0 Å². The van der Waals surface area contributed by atoms with Crippen molar-refractivity contribution in [3.63, 3.8) is 0 Å². The first-order valence-electron chi connectivity index (χ1n) is 12.1. The van der Waals surface area contributed by atoms with E-state index >= 15 is 0 Å². The summed E-state index contributed by atoms with van der Waals surface area (Å²) in [5, 5.41) is 9.71. The smallest absolute Gasteiger partial charge is 0.272 e. The van der Waals surface area contributed by atoms with Crippen molar-refractivity contribution in [3.05, 3.63) is 70.1 Å². The van der Waals surface area contributed by atoms with E-state index in [4.69, 9.17) is 16.3 Å². The zero-order valence-electron chi connectivity index (χ0n) is 20.7. The van der Waals surface area contributed by atoms with Crippen LogP contribution in [-0.4, -0.2) is 71.6 Å². The molecule has 5 rings (SSSR count). The van der Waals surface area contributed by atoms with Gasteiger partial charge in [0.15, 0.2) is 0 Å². The van der Waals surface area contributed by atoms with E-state index in [-0.39, 0.29) is 17.5 Å². The van der Waals surface area contributed by atoms with Gasteiger partial charge in [-0.25, -0.2) is 0 Å². The molecule has 4 aromatic rings. The summed E-state index contributed by atoms with van der Waals surface area (Å²) < 4.78 is 7.92. The van der Waals surface area contributed by atoms with Crippen LogP contribution in [0, 0.1) is 0 Å². The van der Waals surface area contributed by atoms with Crippen LogP contribution in [0.25, 0.3) is 10.1 Å². The van der Waals surface area contributed by atoms with Crippen molar-refractivity contribution in [1.29, 1.82) is 0 Å². The summed E-state index contributed by atoms with van der Waals surface area (Å²) >= 11 is 7.71. The molecule has 4 heterocycles. The summed E-state index contributed by atoms with van der Waals surface area (Å²) in [6, 6.07) is 10.7.